The molecule has 8 heteroatoms. The highest BCUT2D eigenvalue weighted by atomic mass is 16.2. The Morgan fingerprint density at radius 3 is 2.24 bits per heavy atom. The molecule has 0 radical (unpaired) electrons. The van der Waals surface area contributed by atoms with Crippen molar-refractivity contribution in [2.45, 2.75) is 33.2 Å². The molecule has 2 aromatic carbocycles. The van der Waals surface area contributed by atoms with Gasteiger partial charge >= 0.3 is 5.69 Å². The molecule has 1 aliphatic heterocycles. The summed E-state index contributed by atoms with van der Waals surface area (Å²) in [5.74, 6) is -0.104. The molecule has 1 aliphatic rings. The molecule has 4 rings (SSSR count). The zero-order chi connectivity index (χ0) is 24.4. The van der Waals surface area contributed by atoms with Crippen molar-refractivity contribution < 1.29 is 4.79 Å². The summed E-state index contributed by atoms with van der Waals surface area (Å²) in [7, 11) is 2.00. The Kier molecular flexibility index (Phi) is 6.79. The van der Waals surface area contributed by atoms with Gasteiger partial charge in [-0.05, 0) is 48.7 Å². The minimum atomic E-state index is -0.660. The predicted octanol–water partition coefficient (Wildman–Crippen LogP) is 2.26. The van der Waals surface area contributed by atoms with Gasteiger partial charge in [-0.2, -0.15) is 9.78 Å². The van der Waals surface area contributed by atoms with Crippen LogP contribution >= 0.6 is 0 Å². The summed E-state index contributed by atoms with van der Waals surface area (Å²) in [6.07, 6.45) is 0. The number of carbonyl (C=O) groups excluding carboxylic acids is 1. The third-order valence-electron chi connectivity index (χ3n) is 6.45. The van der Waals surface area contributed by atoms with Crippen molar-refractivity contribution in [1.29, 1.82) is 0 Å². The average Bonchev–Trinajstić information content (AvgIpc) is 2.83. The van der Waals surface area contributed by atoms with Crippen LogP contribution in [0.1, 0.15) is 46.9 Å². The van der Waals surface area contributed by atoms with Gasteiger partial charge in [-0.15, -0.1) is 0 Å². The fourth-order valence-electron chi connectivity index (χ4n) is 4.07. The SMILES string of the molecule is Cc1ccccc1Cn1c(=O)c(C(=O)N2CCN(C)CC2)nn(-c2ccc(C(C)C)cc2)c1=O. The summed E-state index contributed by atoms with van der Waals surface area (Å²) in [5.41, 5.74) is 1.98. The molecule has 0 aliphatic carbocycles. The van der Waals surface area contributed by atoms with Crippen LogP contribution in [0.15, 0.2) is 58.1 Å². The first kappa shape index (κ1) is 23.6. The number of hydrogen-bond acceptors (Lipinski definition) is 5. The monoisotopic (exact) mass is 461 g/mol. The zero-order valence-corrected chi connectivity index (χ0v) is 20.2. The van der Waals surface area contributed by atoms with E-state index in [1.807, 2.05) is 50.4 Å². The van der Waals surface area contributed by atoms with Crippen molar-refractivity contribution in [3.8, 4) is 5.69 Å². The molecular weight excluding hydrogens is 430 g/mol. The van der Waals surface area contributed by atoms with E-state index in [4.69, 9.17) is 0 Å². The number of hydrogen-bond donors (Lipinski definition) is 0. The highest BCUT2D eigenvalue weighted by Gasteiger charge is 2.27. The van der Waals surface area contributed by atoms with E-state index in [9.17, 15) is 14.4 Å². The Hall–Kier alpha value is -3.52. The Labute approximate surface area is 199 Å². The van der Waals surface area contributed by atoms with Crippen LogP contribution in [0.5, 0.6) is 0 Å². The third kappa shape index (κ3) is 4.72. The maximum atomic E-state index is 13.5. The van der Waals surface area contributed by atoms with Crippen LogP contribution in [-0.4, -0.2) is 63.3 Å². The molecular formula is C26H31N5O3. The van der Waals surface area contributed by atoms with Crippen LogP contribution in [0.4, 0.5) is 0 Å². The van der Waals surface area contributed by atoms with Crippen LogP contribution in [0.3, 0.4) is 0 Å². The first-order chi connectivity index (χ1) is 16.3. The van der Waals surface area contributed by atoms with Crippen LogP contribution in [-0.2, 0) is 6.54 Å². The molecule has 0 unspecified atom stereocenters. The molecule has 1 aromatic heterocycles. The second-order valence-electron chi connectivity index (χ2n) is 9.20. The van der Waals surface area contributed by atoms with Gasteiger partial charge in [-0.1, -0.05) is 50.2 Å². The first-order valence-corrected chi connectivity index (χ1v) is 11.6. The number of piperazine rings is 1. The van der Waals surface area contributed by atoms with Crippen LogP contribution in [0, 0.1) is 6.92 Å². The molecule has 1 saturated heterocycles. The summed E-state index contributed by atoms with van der Waals surface area (Å²) in [6, 6.07) is 15.1. The normalized spacial score (nSPS) is 14.6. The lowest BCUT2D eigenvalue weighted by atomic mass is 10.0. The molecule has 2 heterocycles. The molecule has 0 atom stereocenters. The lowest BCUT2D eigenvalue weighted by Gasteiger charge is -2.32. The van der Waals surface area contributed by atoms with E-state index in [1.165, 1.54) is 4.68 Å². The molecule has 1 fully saturated rings. The second-order valence-corrected chi connectivity index (χ2v) is 9.20. The molecule has 0 spiro atoms. The standard InChI is InChI=1S/C26H31N5O3/c1-18(2)20-9-11-22(12-10-20)31-26(34)30(17-21-8-6-5-7-19(21)3)25(33)23(27-31)24(32)29-15-13-28(4)14-16-29/h5-12,18H,13-17H2,1-4H3. The van der Waals surface area contributed by atoms with E-state index in [1.54, 1.807) is 17.0 Å². The van der Waals surface area contributed by atoms with Crippen molar-refractivity contribution >= 4 is 5.91 Å². The summed E-state index contributed by atoms with van der Waals surface area (Å²) >= 11 is 0. The minimum Gasteiger partial charge on any atom is -0.335 e. The average molecular weight is 462 g/mol. The number of amides is 1. The first-order valence-electron chi connectivity index (χ1n) is 11.6. The number of aryl methyl sites for hydroxylation is 1. The van der Waals surface area contributed by atoms with E-state index in [0.717, 1.165) is 34.3 Å². The lowest BCUT2D eigenvalue weighted by Crippen LogP contribution is -2.51. The number of likely N-dealkylation sites (N-methyl/N-ethyl adjacent to an activating group) is 1. The van der Waals surface area contributed by atoms with Crippen molar-refractivity contribution in [2.24, 2.45) is 0 Å². The van der Waals surface area contributed by atoms with E-state index >= 15 is 0 Å². The number of rotatable bonds is 5. The van der Waals surface area contributed by atoms with Gasteiger partial charge in [0.15, 0.2) is 0 Å². The number of aromatic nitrogens is 3. The fourth-order valence-corrected chi connectivity index (χ4v) is 4.07. The topological polar surface area (TPSA) is 80.4 Å². The molecule has 0 N–H and O–H groups in total. The van der Waals surface area contributed by atoms with Crippen molar-refractivity contribution in [3.05, 3.63) is 91.8 Å². The molecule has 0 bridgehead atoms. The highest BCUT2D eigenvalue weighted by Crippen LogP contribution is 2.16. The van der Waals surface area contributed by atoms with Gasteiger partial charge in [-0.25, -0.2) is 4.79 Å². The summed E-state index contributed by atoms with van der Waals surface area (Å²) < 4.78 is 2.29. The molecule has 34 heavy (non-hydrogen) atoms. The summed E-state index contributed by atoms with van der Waals surface area (Å²) in [4.78, 5) is 44.0. The number of nitrogens with zero attached hydrogens (tertiary/aromatic N) is 5. The highest BCUT2D eigenvalue weighted by molar-refractivity contribution is 5.92. The molecule has 8 nitrogen and oxygen atoms in total. The van der Waals surface area contributed by atoms with Gasteiger partial charge in [0, 0.05) is 26.2 Å². The molecule has 3 aromatic rings. The van der Waals surface area contributed by atoms with Crippen molar-refractivity contribution in [1.82, 2.24) is 24.1 Å². The van der Waals surface area contributed by atoms with Gasteiger partial charge in [0.2, 0.25) is 5.69 Å². The Balaban J connectivity index is 1.84. The maximum absolute atomic E-state index is 13.5. The maximum Gasteiger partial charge on any atom is 0.352 e. The lowest BCUT2D eigenvalue weighted by molar-refractivity contribution is 0.0652. The van der Waals surface area contributed by atoms with Gasteiger partial charge in [0.05, 0.1) is 12.2 Å². The smallest absolute Gasteiger partial charge is 0.335 e. The van der Waals surface area contributed by atoms with E-state index in [0.29, 0.717) is 24.7 Å². The largest absolute Gasteiger partial charge is 0.352 e. The van der Waals surface area contributed by atoms with Crippen LogP contribution < -0.4 is 11.2 Å². The van der Waals surface area contributed by atoms with Crippen molar-refractivity contribution in [2.75, 3.05) is 33.2 Å². The quantitative estimate of drug-likeness (QED) is 0.582. The third-order valence-corrected chi connectivity index (χ3v) is 6.45. The van der Waals surface area contributed by atoms with E-state index in [-0.39, 0.29) is 12.2 Å². The van der Waals surface area contributed by atoms with Gasteiger partial charge < -0.3 is 9.80 Å². The van der Waals surface area contributed by atoms with Gasteiger partial charge in [-0.3, -0.25) is 14.2 Å². The van der Waals surface area contributed by atoms with Crippen LogP contribution in [0.25, 0.3) is 5.69 Å². The molecule has 1 amide bonds. The molecule has 178 valence electrons. The Morgan fingerprint density at radius 2 is 1.62 bits per heavy atom. The predicted molar refractivity (Wildman–Crippen MR) is 132 cm³/mol. The van der Waals surface area contributed by atoms with Crippen molar-refractivity contribution in [3.63, 3.8) is 0 Å². The summed E-state index contributed by atoms with van der Waals surface area (Å²) in [6.45, 7) is 8.65. The van der Waals surface area contributed by atoms with Crippen LogP contribution in [0.2, 0.25) is 0 Å². The minimum absolute atomic E-state index is 0.0694. The van der Waals surface area contributed by atoms with Gasteiger partial charge in [0.1, 0.15) is 0 Å². The van der Waals surface area contributed by atoms with Gasteiger partial charge in [0.25, 0.3) is 11.5 Å². The molecule has 0 saturated carbocycles. The zero-order valence-electron chi connectivity index (χ0n) is 20.2. The number of carbonyl (C=O) groups is 1. The second kappa shape index (κ2) is 9.77. The van der Waals surface area contributed by atoms with E-state index in [2.05, 4.69) is 23.8 Å². The summed E-state index contributed by atoms with van der Waals surface area (Å²) in [5, 5.41) is 4.30. The number of benzene rings is 2. The van der Waals surface area contributed by atoms with E-state index < -0.39 is 17.2 Å². The fraction of sp³-hybridized carbons (Fsp3) is 0.385. The Morgan fingerprint density at radius 1 is 0.971 bits per heavy atom. The Bertz CT molecular complexity index is 1300.